The highest BCUT2D eigenvalue weighted by molar-refractivity contribution is 9.08. The number of hydrogen-bond acceptors (Lipinski definition) is 0. The van der Waals surface area contributed by atoms with Crippen LogP contribution in [0, 0.1) is 5.82 Å². The van der Waals surface area contributed by atoms with E-state index in [-0.39, 0.29) is 5.33 Å². The van der Waals surface area contributed by atoms with Crippen molar-refractivity contribution < 1.29 is 13.2 Å². The first kappa shape index (κ1) is 9.58. The van der Waals surface area contributed by atoms with E-state index in [1.807, 2.05) is 0 Å². The van der Waals surface area contributed by atoms with E-state index in [1.165, 1.54) is 12.1 Å². The maximum Gasteiger partial charge on any atom is 0.266 e. The molecular weight excluding hydrogens is 233 g/mol. The highest BCUT2D eigenvalue weighted by Gasteiger charge is 2.16. The third-order valence-corrected chi connectivity index (χ3v) is 2.11. The fraction of sp³-hybridized carbons (Fsp3) is 0.250. The van der Waals surface area contributed by atoms with E-state index < -0.39 is 17.8 Å². The lowest BCUT2D eigenvalue weighted by Gasteiger charge is -2.06. The van der Waals surface area contributed by atoms with E-state index in [9.17, 15) is 13.2 Å². The van der Waals surface area contributed by atoms with E-state index in [4.69, 9.17) is 0 Å². The molecule has 0 atom stereocenters. The van der Waals surface area contributed by atoms with Gasteiger partial charge in [0.1, 0.15) is 5.82 Å². The van der Waals surface area contributed by atoms with Gasteiger partial charge in [0.05, 0.1) is 5.56 Å². The summed E-state index contributed by atoms with van der Waals surface area (Å²) in [6.45, 7) is 0. The topological polar surface area (TPSA) is 0 Å². The molecule has 0 spiro atoms. The molecule has 1 aromatic rings. The zero-order chi connectivity index (χ0) is 9.14. The molecule has 0 radical (unpaired) electrons. The molecule has 0 aliphatic rings. The minimum atomic E-state index is -2.75. The molecule has 0 bridgehead atoms. The third kappa shape index (κ3) is 1.80. The molecule has 0 unspecified atom stereocenters. The zero-order valence-electron chi connectivity index (χ0n) is 6.03. The highest BCUT2D eigenvalue weighted by Crippen LogP contribution is 2.26. The van der Waals surface area contributed by atoms with Crippen LogP contribution in [0.2, 0.25) is 0 Å². The predicted molar refractivity (Wildman–Crippen MR) is 44.0 cm³/mol. The van der Waals surface area contributed by atoms with Crippen molar-refractivity contribution in [2.45, 2.75) is 11.8 Å². The summed E-state index contributed by atoms with van der Waals surface area (Å²) >= 11 is 3.01. The number of alkyl halides is 3. The average Bonchev–Trinajstić information content (AvgIpc) is 2.03. The van der Waals surface area contributed by atoms with Crippen molar-refractivity contribution >= 4 is 15.9 Å². The Labute approximate surface area is 76.5 Å². The van der Waals surface area contributed by atoms with Gasteiger partial charge in [0.2, 0.25) is 0 Å². The van der Waals surface area contributed by atoms with Crippen molar-refractivity contribution in [1.29, 1.82) is 0 Å². The maximum atomic E-state index is 12.8. The summed E-state index contributed by atoms with van der Waals surface area (Å²) in [4.78, 5) is 0. The summed E-state index contributed by atoms with van der Waals surface area (Å²) < 4.78 is 37.2. The molecule has 0 N–H and O–H groups in total. The van der Waals surface area contributed by atoms with Gasteiger partial charge in [0.25, 0.3) is 6.43 Å². The fourth-order valence-corrected chi connectivity index (χ4v) is 1.43. The number of hydrogen-bond donors (Lipinski definition) is 0. The van der Waals surface area contributed by atoms with Crippen LogP contribution < -0.4 is 0 Å². The summed E-state index contributed by atoms with van der Waals surface area (Å²) in [6.07, 6.45) is -2.75. The van der Waals surface area contributed by atoms with Gasteiger partial charge in [0, 0.05) is 5.33 Å². The standard InChI is InChI=1S/C8H6BrF3/c9-4-5-2-1-3-6(10)7(5)8(11)12/h1-3,8H,4H2. The van der Waals surface area contributed by atoms with Gasteiger partial charge >= 0.3 is 0 Å². The summed E-state index contributed by atoms with van der Waals surface area (Å²) in [5, 5.41) is 0.241. The van der Waals surface area contributed by atoms with Crippen molar-refractivity contribution in [3.63, 3.8) is 0 Å². The second-order valence-corrected chi connectivity index (χ2v) is 2.81. The Bertz CT molecular complexity index is 273. The smallest absolute Gasteiger partial charge is 0.206 e. The van der Waals surface area contributed by atoms with Crippen LogP contribution in [0.1, 0.15) is 17.6 Å². The quantitative estimate of drug-likeness (QED) is 0.691. The van der Waals surface area contributed by atoms with Crippen LogP contribution in [0.15, 0.2) is 18.2 Å². The molecule has 0 saturated carbocycles. The maximum absolute atomic E-state index is 12.8. The van der Waals surface area contributed by atoms with Crippen molar-refractivity contribution in [3.8, 4) is 0 Å². The van der Waals surface area contributed by atoms with Gasteiger partial charge in [-0.15, -0.1) is 0 Å². The number of benzene rings is 1. The Balaban J connectivity index is 3.20. The van der Waals surface area contributed by atoms with Crippen molar-refractivity contribution in [2.24, 2.45) is 0 Å². The molecule has 66 valence electrons. The first-order chi connectivity index (χ1) is 5.66. The summed E-state index contributed by atoms with van der Waals surface area (Å²) in [5.41, 5.74) is -0.209. The molecule has 0 amide bonds. The molecule has 4 heteroatoms. The Morgan fingerprint density at radius 3 is 2.42 bits per heavy atom. The normalized spacial score (nSPS) is 10.8. The number of halogens is 4. The Hall–Kier alpha value is -0.510. The van der Waals surface area contributed by atoms with Crippen molar-refractivity contribution in [3.05, 3.63) is 35.1 Å². The highest BCUT2D eigenvalue weighted by atomic mass is 79.9. The van der Waals surface area contributed by atoms with Gasteiger partial charge in [-0.2, -0.15) is 0 Å². The largest absolute Gasteiger partial charge is 0.266 e. The van der Waals surface area contributed by atoms with Crippen LogP contribution in [0.3, 0.4) is 0 Å². The zero-order valence-corrected chi connectivity index (χ0v) is 7.61. The molecule has 0 fully saturated rings. The van der Waals surface area contributed by atoms with E-state index in [0.29, 0.717) is 5.56 Å². The minimum Gasteiger partial charge on any atom is -0.206 e. The van der Waals surface area contributed by atoms with Gasteiger partial charge in [-0.1, -0.05) is 28.1 Å². The van der Waals surface area contributed by atoms with Crippen LogP contribution in [0.4, 0.5) is 13.2 Å². The predicted octanol–water partition coefficient (Wildman–Crippen LogP) is 3.66. The molecule has 0 aliphatic carbocycles. The van der Waals surface area contributed by atoms with Crippen LogP contribution in [0.5, 0.6) is 0 Å². The lowest BCUT2D eigenvalue weighted by atomic mass is 10.1. The first-order valence-electron chi connectivity index (χ1n) is 3.28. The fourth-order valence-electron chi connectivity index (χ4n) is 0.943. The second kappa shape index (κ2) is 3.94. The molecule has 0 saturated heterocycles. The molecule has 0 aliphatic heterocycles. The van der Waals surface area contributed by atoms with E-state index in [1.54, 1.807) is 0 Å². The molecule has 0 heterocycles. The SMILES string of the molecule is Fc1cccc(CBr)c1C(F)F. The summed E-state index contributed by atoms with van der Waals surface area (Å²) in [7, 11) is 0. The first-order valence-corrected chi connectivity index (χ1v) is 4.40. The van der Waals surface area contributed by atoms with Crippen LogP contribution in [-0.2, 0) is 5.33 Å². The van der Waals surface area contributed by atoms with Gasteiger partial charge < -0.3 is 0 Å². The van der Waals surface area contributed by atoms with Crippen LogP contribution >= 0.6 is 15.9 Å². The van der Waals surface area contributed by atoms with Gasteiger partial charge in [-0.25, -0.2) is 13.2 Å². The minimum absolute atomic E-state index is 0.241. The monoisotopic (exact) mass is 238 g/mol. The van der Waals surface area contributed by atoms with E-state index in [0.717, 1.165) is 6.07 Å². The van der Waals surface area contributed by atoms with Crippen molar-refractivity contribution in [1.82, 2.24) is 0 Å². The van der Waals surface area contributed by atoms with E-state index in [2.05, 4.69) is 15.9 Å². The third-order valence-electron chi connectivity index (χ3n) is 1.51. The van der Waals surface area contributed by atoms with Crippen molar-refractivity contribution in [2.75, 3.05) is 0 Å². The van der Waals surface area contributed by atoms with Crippen LogP contribution in [-0.4, -0.2) is 0 Å². The molecular formula is C8H6BrF3. The molecule has 1 aromatic carbocycles. The lowest BCUT2D eigenvalue weighted by Crippen LogP contribution is -1.95. The second-order valence-electron chi connectivity index (χ2n) is 2.25. The molecule has 0 aromatic heterocycles. The summed E-state index contributed by atoms with van der Waals surface area (Å²) in [5.74, 6) is -0.845. The Morgan fingerprint density at radius 1 is 1.33 bits per heavy atom. The van der Waals surface area contributed by atoms with Gasteiger partial charge in [-0.3, -0.25) is 0 Å². The Kier molecular flexibility index (Phi) is 3.14. The lowest BCUT2D eigenvalue weighted by molar-refractivity contribution is 0.145. The molecule has 1 rings (SSSR count). The van der Waals surface area contributed by atoms with Crippen LogP contribution in [0.25, 0.3) is 0 Å². The van der Waals surface area contributed by atoms with Gasteiger partial charge in [0.15, 0.2) is 0 Å². The molecule has 0 nitrogen and oxygen atoms in total. The Morgan fingerprint density at radius 2 is 2.00 bits per heavy atom. The van der Waals surface area contributed by atoms with E-state index >= 15 is 0 Å². The number of rotatable bonds is 2. The molecule has 12 heavy (non-hydrogen) atoms. The summed E-state index contributed by atoms with van der Waals surface area (Å²) in [6, 6.07) is 3.92. The average molecular weight is 239 g/mol. The van der Waals surface area contributed by atoms with Gasteiger partial charge in [-0.05, 0) is 11.6 Å².